The number of thiazole rings is 1. The molecule has 22 heavy (non-hydrogen) atoms. The monoisotopic (exact) mass is 317 g/mol. The van der Waals surface area contributed by atoms with Crippen LogP contribution in [0.15, 0.2) is 21.2 Å². The Labute approximate surface area is 129 Å². The van der Waals surface area contributed by atoms with Crippen molar-refractivity contribution in [1.29, 1.82) is 0 Å². The van der Waals surface area contributed by atoms with E-state index >= 15 is 0 Å². The third kappa shape index (κ3) is 2.12. The molecule has 0 aliphatic carbocycles. The van der Waals surface area contributed by atoms with Gasteiger partial charge in [-0.25, -0.2) is 14.8 Å². The molecule has 0 radical (unpaired) electrons. The van der Waals surface area contributed by atoms with Gasteiger partial charge in [0.25, 0.3) is 5.56 Å². The normalized spacial score (nSPS) is 11.1. The molecule has 0 bridgehead atoms. The van der Waals surface area contributed by atoms with E-state index in [1.54, 1.807) is 13.2 Å². The van der Waals surface area contributed by atoms with Crippen molar-refractivity contribution in [3.05, 3.63) is 43.7 Å². The van der Waals surface area contributed by atoms with Crippen molar-refractivity contribution in [2.24, 2.45) is 14.1 Å². The molecule has 0 spiro atoms. The van der Waals surface area contributed by atoms with Gasteiger partial charge in [0.1, 0.15) is 5.39 Å². The summed E-state index contributed by atoms with van der Waals surface area (Å²) < 4.78 is 2.45. The van der Waals surface area contributed by atoms with Crippen LogP contribution in [0.3, 0.4) is 0 Å². The molecule has 8 heteroatoms. The van der Waals surface area contributed by atoms with E-state index < -0.39 is 5.69 Å². The summed E-state index contributed by atoms with van der Waals surface area (Å²) in [6.45, 7) is 3.77. The molecule has 0 aliphatic rings. The van der Waals surface area contributed by atoms with Crippen LogP contribution in [-0.4, -0.2) is 19.1 Å². The average Bonchev–Trinajstić information content (AvgIpc) is 2.90. The lowest BCUT2D eigenvalue weighted by Gasteiger charge is -2.13. The van der Waals surface area contributed by atoms with E-state index in [0.717, 1.165) is 15.8 Å². The summed E-state index contributed by atoms with van der Waals surface area (Å²) in [6, 6.07) is 0. The van der Waals surface area contributed by atoms with Crippen molar-refractivity contribution < 1.29 is 0 Å². The van der Waals surface area contributed by atoms with Crippen molar-refractivity contribution in [3.8, 4) is 0 Å². The number of nitrogens with one attached hydrogen (secondary N) is 1. The van der Waals surface area contributed by atoms with Crippen LogP contribution < -0.4 is 16.6 Å². The second-order valence-corrected chi connectivity index (χ2v) is 6.00. The topological polar surface area (TPSA) is 81.8 Å². The molecule has 0 atom stereocenters. The molecule has 1 N–H and O–H groups in total. The Kier molecular flexibility index (Phi) is 3.32. The van der Waals surface area contributed by atoms with E-state index in [9.17, 15) is 9.59 Å². The zero-order chi connectivity index (χ0) is 16.0. The first-order valence-electron chi connectivity index (χ1n) is 6.64. The van der Waals surface area contributed by atoms with Crippen LogP contribution in [0, 0.1) is 13.8 Å². The number of anilines is 2. The Hall–Kier alpha value is -2.48. The van der Waals surface area contributed by atoms with E-state index in [2.05, 4.69) is 15.3 Å². The number of aryl methyl sites for hydroxylation is 3. The molecule has 3 aromatic rings. The fourth-order valence-electron chi connectivity index (χ4n) is 2.30. The van der Waals surface area contributed by atoms with Crippen molar-refractivity contribution in [2.75, 3.05) is 5.32 Å². The summed E-state index contributed by atoms with van der Waals surface area (Å²) in [4.78, 5) is 33.1. The number of hydrogen-bond acceptors (Lipinski definition) is 6. The Bertz CT molecular complexity index is 999. The van der Waals surface area contributed by atoms with Crippen LogP contribution >= 0.6 is 11.3 Å². The number of pyridine rings is 1. The lowest BCUT2D eigenvalue weighted by atomic mass is 10.2. The maximum atomic E-state index is 12.5. The maximum Gasteiger partial charge on any atom is 0.332 e. The number of nitrogens with zero attached hydrogens (tertiary/aromatic N) is 4. The number of rotatable bonds is 2. The van der Waals surface area contributed by atoms with Gasteiger partial charge in [-0.2, -0.15) is 0 Å². The zero-order valence-electron chi connectivity index (χ0n) is 12.7. The van der Waals surface area contributed by atoms with Gasteiger partial charge in [-0.1, -0.05) is 0 Å². The predicted molar refractivity (Wildman–Crippen MR) is 87.1 cm³/mol. The van der Waals surface area contributed by atoms with Gasteiger partial charge in [0.05, 0.1) is 11.4 Å². The van der Waals surface area contributed by atoms with Crippen molar-refractivity contribution in [3.63, 3.8) is 0 Å². The lowest BCUT2D eigenvalue weighted by molar-refractivity contribution is 0.707. The minimum absolute atomic E-state index is 0.356. The number of fused-ring (bicyclic) bond motifs is 1. The quantitative estimate of drug-likeness (QED) is 0.773. The van der Waals surface area contributed by atoms with Gasteiger partial charge in [0.2, 0.25) is 0 Å². The smallest absolute Gasteiger partial charge is 0.330 e. The van der Waals surface area contributed by atoms with E-state index in [-0.39, 0.29) is 5.56 Å². The molecule has 0 saturated heterocycles. The van der Waals surface area contributed by atoms with Gasteiger partial charge >= 0.3 is 5.69 Å². The Morgan fingerprint density at radius 2 is 1.91 bits per heavy atom. The molecule has 0 unspecified atom stereocenters. The first-order valence-corrected chi connectivity index (χ1v) is 7.52. The van der Waals surface area contributed by atoms with Crippen LogP contribution in [0.1, 0.15) is 11.3 Å². The Morgan fingerprint density at radius 1 is 1.18 bits per heavy atom. The highest BCUT2D eigenvalue weighted by molar-refractivity contribution is 7.13. The molecule has 0 aliphatic heterocycles. The molecular weight excluding hydrogens is 302 g/mol. The molecule has 0 amide bonds. The summed E-state index contributed by atoms with van der Waals surface area (Å²) >= 11 is 1.46. The standard InChI is InChI=1S/C14H15N5O2S/c1-7-5-15-11-9(12(20)19(4)14(21)18(11)3)10(7)17-13-16-8(2)6-22-13/h5-6H,1-4H3,(H,15,16,17). The van der Waals surface area contributed by atoms with Gasteiger partial charge in [0, 0.05) is 25.7 Å². The molecule has 0 fully saturated rings. The highest BCUT2D eigenvalue weighted by Crippen LogP contribution is 2.27. The van der Waals surface area contributed by atoms with E-state index in [0.29, 0.717) is 21.9 Å². The third-order valence-corrected chi connectivity index (χ3v) is 4.39. The molecule has 3 rings (SSSR count). The SMILES string of the molecule is Cc1csc(Nc2c(C)cnc3c2c(=O)n(C)c(=O)n3C)n1. The maximum absolute atomic E-state index is 12.5. The van der Waals surface area contributed by atoms with Gasteiger partial charge in [-0.05, 0) is 19.4 Å². The molecule has 114 valence electrons. The van der Waals surface area contributed by atoms with Crippen molar-refractivity contribution >= 4 is 33.2 Å². The minimum Gasteiger partial charge on any atom is -0.330 e. The Balaban J connectivity index is 2.36. The second kappa shape index (κ2) is 5.06. The van der Waals surface area contributed by atoms with E-state index in [1.807, 2.05) is 19.2 Å². The molecule has 0 saturated carbocycles. The largest absolute Gasteiger partial charge is 0.332 e. The predicted octanol–water partition coefficient (Wildman–Crippen LogP) is 1.45. The van der Waals surface area contributed by atoms with Gasteiger partial charge in [0.15, 0.2) is 10.8 Å². The van der Waals surface area contributed by atoms with E-state index in [4.69, 9.17) is 0 Å². The zero-order valence-corrected chi connectivity index (χ0v) is 13.5. The van der Waals surface area contributed by atoms with Gasteiger partial charge < -0.3 is 5.32 Å². The van der Waals surface area contributed by atoms with Crippen LogP contribution in [0.4, 0.5) is 10.8 Å². The van der Waals surface area contributed by atoms with Crippen molar-refractivity contribution in [1.82, 2.24) is 19.1 Å². The summed E-state index contributed by atoms with van der Waals surface area (Å²) in [5.74, 6) is 0. The minimum atomic E-state index is -0.398. The highest BCUT2D eigenvalue weighted by Gasteiger charge is 2.16. The summed E-state index contributed by atoms with van der Waals surface area (Å²) in [5, 5.41) is 6.20. The highest BCUT2D eigenvalue weighted by atomic mass is 32.1. The first kappa shape index (κ1) is 14.5. The third-order valence-electron chi connectivity index (χ3n) is 3.51. The Morgan fingerprint density at radius 3 is 2.55 bits per heavy atom. The number of aromatic nitrogens is 4. The summed E-state index contributed by atoms with van der Waals surface area (Å²) in [5.41, 5.74) is 1.94. The van der Waals surface area contributed by atoms with Gasteiger partial charge in [-0.15, -0.1) is 11.3 Å². The summed E-state index contributed by atoms with van der Waals surface area (Å²) in [6.07, 6.45) is 1.64. The van der Waals surface area contributed by atoms with Crippen LogP contribution in [0.25, 0.3) is 11.0 Å². The fourth-order valence-corrected chi connectivity index (χ4v) is 3.00. The van der Waals surface area contributed by atoms with E-state index in [1.165, 1.54) is 23.0 Å². The second-order valence-electron chi connectivity index (χ2n) is 5.14. The van der Waals surface area contributed by atoms with Crippen LogP contribution in [0.5, 0.6) is 0 Å². The summed E-state index contributed by atoms with van der Waals surface area (Å²) in [7, 11) is 3.06. The molecule has 7 nitrogen and oxygen atoms in total. The molecule has 3 heterocycles. The molecule has 0 aromatic carbocycles. The molecular formula is C14H15N5O2S. The van der Waals surface area contributed by atoms with Crippen molar-refractivity contribution in [2.45, 2.75) is 13.8 Å². The van der Waals surface area contributed by atoms with Crippen LogP contribution in [0.2, 0.25) is 0 Å². The molecule has 3 aromatic heterocycles. The number of hydrogen-bond donors (Lipinski definition) is 1. The fraction of sp³-hybridized carbons (Fsp3) is 0.286. The van der Waals surface area contributed by atoms with Crippen LogP contribution in [-0.2, 0) is 14.1 Å². The average molecular weight is 317 g/mol. The van der Waals surface area contributed by atoms with Gasteiger partial charge in [-0.3, -0.25) is 13.9 Å². The first-order chi connectivity index (χ1) is 10.4. The lowest BCUT2D eigenvalue weighted by Crippen LogP contribution is -2.37.